The van der Waals surface area contributed by atoms with Gasteiger partial charge in [-0.3, -0.25) is 9.78 Å². The van der Waals surface area contributed by atoms with Crippen LogP contribution in [0.15, 0.2) is 23.7 Å². The number of amides is 1. The first-order valence-corrected chi connectivity index (χ1v) is 9.53. The Bertz CT molecular complexity index is 756. The lowest BCUT2D eigenvalue weighted by atomic mass is 9.95. The van der Waals surface area contributed by atoms with Gasteiger partial charge < -0.3 is 9.64 Å². The quantitative estimate of drug-likeness (QED) is 0.838. The van der Waals surface area contributed by atoms with Gasteiger partial charge in [0.15, 0.2) is 0 Å². The molecule has 4 rings (SSSR count). The molecule has 24 heavy (non-hydrogen) atoms. The Balaban J connectivity index is 1.54. The fraction of sp³-hybridized carbons (Fsp3) is 0.474. The van der Waals surface area contributed by atoms with E-state index in [0.717, 1.165) is 29.7 Å². The maximum atomic E-state index is 13.0. The van der Waals surface area contributed by atoms with Crippen LogP contribution in [0.1, 0.15) is 51.0 Å². The highest BCUT2D eigenvalue weighted by Crippen LogP contribution is 2.32. The Morgan fingerprint density at radius 2 is 2.25 bits per heavy atom. The molecule has 3 heterocycles. The highest BCUT2D eigenvalue weighted by atomic mass is 32.1. The number of hydrogen-bond acceptors (Lipinski definition) is 4. The van der Waals surface area contributed by atoms with Gasteiger partial charge >= 0.3 is 0 Å². The lowest BCUT2D eigenvalue weighted by Gasteiger charge is -2.33. The van der Waals surface area contributed by atoms with Crippen LogP contribution >= 0.6 is 11.3 Å². The van der Waals surface area contributed by atoms with E-state index in [-0.39, 0.29) is 12.0 Å². The molecule has 0 radical (unpaired) electrons. The monoisotopic (exact) mass is 342 g/mol. The van der Waals surface area contributed by atoms with Crippen molar-refractivity contribution in [2.45, 2.75) is 38.7 Å². The van der Waals surface area contributed by atoms with E-state index in [9.17, 15) is 4.79 Å². The van der Waals surface area contributed by atoms with E-state index < -0.39 is 0 Å². The molecule has 1 atom stereocenters. The van der Waals surface area contributed by atoms with E-state index >= 15 is 0 Å². The average Bonchev–Trinajstić information content (AvgIpc) is 3.05. The maximum absolute atomic E-state index is 13.0. The van der Waals surface area contributed by atoms with Gasteiger partial charge in [0.1, 0.15) is 6.10 Å². The molecule has 2 aromatic rings. The molecule has 0 saturated carbocycles. The average molecular weight is 342 g/mol. The molecule has 5 heteroatoms. The minimum absolute atomic E-state index is 0.0566. The fourth-order valence-electron chi connectivity index (χ4n) is 3.65. The van der Waals surface area contributed by atoms with Crippen molar-refractivity contribution >= 4 is 17.2 Å². The van der Waals surface area contributed by atoms with Gasteiger partial charge in [-0.2, -0.15) is 0 Å². The molecule has 0 N–H and O–H groups in total. The molecule has 1 saturated heterocycles. The van der Waals surface area contributed by atoms with Gasteiger partial charge in [-0.15, -0.1) is 11.3 Å². The number of nitrogens with zero attached hydrogens (tertiary/aromatic N) is 2. The molecular weight excluding hydrogens is 320 g/mol. The lowest BCUT2D eigenvalue weighted by molar-refractivity contribution is -0.0229. The second-order valence-corrected chi connectivity index (χ2v) is 7.56. The van der Waals surface area contributed by atoms with Crippen molar-refractivity contribution in [2.75, 3.05) is 19.7 Å². The van der Waals surface area contributed by atoms with Crippen molar-refractivity contribution in [1.82, 2.24) is 9.88 Å². The molecule has 1 aliphatic carbocycles. The van der Waals surface area contributed by atoms with E-state index in [1.54, 1.807) is 11.3 Å². The Morgan fingerprint density at radius 3 is 3.12 bits per heavy atom. The first kappa shape index (κ1) is 15.8. The maximum Gasteiger partial charge on any atom is 0.255 e. The number of ether oxygens (including phenoxy) is 1. The lowest BCUT2D eigenvalue weighted by Crippen LogP contribution is -2.42. The van der Waals surface area contributed by atoms with Gasteiger partial charge in [0.05, 0.1) is 18.7 Å². The molecule has 0 spiro atoms. The highest BCUT2D eigenvalue weighted by Gasteiger charge is 2.29. The van der Waals surface area contributed by atoms with Crippen molar-refractivity contribution in [2.24, 2.45) is 0 Å². The van der Waals surface area contributed by atoms with Crippen LogP contribution in [0.3, 0.4) is 0 Å². The fourth-order valence-corrected chi connectivity index (χ4v) is 4.77. The number of fused-ring (bicyclic) bond motifs is 1. The molecule has 1 aliphatic heterocycles. The number of rotatable bonds is 2. The van der Waals surface area contributed by atoms with Crippen LogP contribution < -0.4 is 0 Å². The van der Waals surface area contributed by atoms with Crippen molar-refractivity contribution < 1.29 is 9.53 Å². The summed E-state index contributed by atoms with van der Waals surface area (Å²) in [4.78, 5) is 20.7. The third kappa shape index (κ3) is 2.98. The Labute approximate surface area is 146 Å². The zero-order valence-corrected chi connectivity index (χ0v) is 14.8. The summed E-state index contributed by atoms with van der Waals surface area (Å²) in [6, 6.07) is 4.03. The van der Waals surface area contributed by atoms with Crippen molar-refractivity contribution in [1.29, 1.82) is 0 Å². The Morgan fingerprint density at radius 1 is 1.38 bits per heavy atom. The minimum atomic E-state index is -0.0566. The van der Waals surface area contributed by atoms with E-state index in [1.807, 2.05) is 30.2 Å². The first-order valence-electron chi connectivity index (χ1n) is 8.65. The number of thiophene rings is 1. The molecule has 2 aliphatic rings. The van der Waals surface area contributed by atoms with Gasteiger partial charge in [-0.1, -0.05) is 0 Å². The van der Waals surface area contributed by atoms with Crippen LogP contribution in [-0.4, -0.2) is 35.5 Å². The van der Waals surface area contributed by atoms with Crippen molar-refractivity contribution in [3.8, 4) is 0 Å². The summed E-state index contributed by atoms with van der Waals surface area (Å²) in [5.74, 6) is 0.175. The SMILES string of the molecule is Cc1cc(C2CN(C(=O)c3csc4c3CCCC4)CCO2)ccn1. The molecule has 126 valence electrons. The van der Waals surface area contributed by atoms with Crippen LogP contribution in [0, 0.1) is 6.92 Å². The summed E-state index contributed by atoms with van der Waals surface area (Å²) < 4.78 is 5.91. The summed E-state index contributed by atoms with van der Waals surface area (Å²) >= 11 is 1.76. The van der Waals surface area contributed by atoms with Crippen molar-refractivity contribution in [3.63, 3.8) is 0 Å². The predicted octanol–water partition coefficient (Wildman–Crippen LogP) is 3.54. The number of carbonyl (C=O) groups excluding carboxylic acids is 1. The summed E-state index contributed by atoms with van der Waals surface area (Å²) in [5, 5.41) is 2.07. The zero-order chi connectivity index (χ0) is 16.5. The molecule has 0 aromatic carbocycles. The van der Waals surface area contributed by atoms with Crippen LogP contribution in [0.2, 0.25) is 0 Å². The van der Waals surface area contributed by atoms with Crippen LogP contribution in [0.25, 0.3) is 0 Å². The normalized spacial score (nSPS) is 20.7. The molecule has 1 fully saturated rings. The smallest absolute Gasteiger partial charge is 0.255 e. The predicted molar refractivity (Wildman–Crippen MR) is 94.5 cm³/mol. The van der Waals surface area contributed by atoms with E-state index in [0.29, 0.717) is 19.7 Å². The van der Waals surface area contributed by atoms with Crippen molar-refractivity contribution in [3.05, 3.63) is 51.0 Å². The largest absolute Gasteiger partial charge is 0.370 e. The van der Waals surface area contributed by atoms with Crippen LogP contribution in [0.5, 0.6) is 0 Å². The standard InChI is InChI=1S/C19H22N2O2S/c1-13-10-14(6-7-20-13)17-11-21(8-9-23-17)19(22)16-12-24-18-5-3-2-4-15(16)18/h6-7,10,12,17H,2-5,8-9,11H2,1H3. The molecule has 4 nitrogen and oxygen atoms in total. The number of hydrogen-bond donors (Lipinski definition) is 0. The van der Waals surface area contributed by atoms with E-state index in [2.05, 4.69) is 10.4 Å². The molecule has 1 unspecified atom stereocenters. The highest BCUT2D eigenvalue weighted by molar-refractivity contribution is 7.10. The van der Waals surface area contributed by atoms with E-state index in [1.165, 1.54) is 23.3 Å². The molecule has 0 bridgehead atoms. The zero-order valence-electron chi connectivity index (χ0n) is 14.0. The van der Waals surface area contributed by atoms with Crippen LogP contribution in [0.4, 0.5) is 0 Å². The third-order valence-electron chi connectivity index (χ3n) is 4.94. The van der Waals surface area contributed by atoms with Crippen LogP contribution in [-0.2, 0) is 17.6 Å². The summed E-state index contributed by atoms with van der Waals surface area (Å²) in [6.45, 7) is 3.86. The van der Waals surface area contributed by atoms with Gasteiger partial charge in [0.2, 0.25) is 0 Å². The first-order chi connectivity index (χ1) is 11.7. The minimum Gasteiger partial charge on any atom is -0.370 e. The second kappa shape index (κ2) is 6.65. The number of morpholine rings is 1. The molecule has 1 amide bonds. The number of aromatic nitrogens is 1. The number of carbonyl (C=O) groups is 1. The number of aryl methyl sites for hydroxylation is 2. The second-order valence-electron chi connectivity index (χ2n) is 6.60. The van der Waals surface area contributed by atoms with Gasteiger partial charge in [0.25, 0.3) is 5.91 Å². The number of pyridine rings is 1. The van der Waals surface area contributed by atoms with Gasteiger partial charge in [0, 0.05) is 28.7 Å². The van der Waals surface area contributed by atoms with E-state index in [4.69, 9.17) is 4.74 Å². The summed E-state index contributed by atoms with van der Waals surface area (Å²) in [7, 11) is 0. The third-order valence-corrected chi connectivity index (χ3v) is 6.03. The Hall–Kier alpha value is -1.72. The molecule has 2 aromatic heterocycles. The van der Waals surface area contributed by atoms with Gasteiger partial charge in [-0.25, -0.2) is 0 Å². The van der Waals surface area contributed by atoms with Gasteiger partial charge in [-0.05, 0) is 55.9 Å². The topological polar surface area (TPSA) is 42.4 Å². The summed E-state index contributed by atoms with van der Waals surface area (Å²) in [5.41, 5.74) is 4.32. The summed E-state index contributed by atoms with van der Waals surface area (Å²) in [6.07, 6.45) is 6.39. The molecular formula is C19H22N2O2S. The Kier molecular flexibility index (Phi) is 4.37.